The monoisotopic (exact) mass is 252 g/mol. The van der Waals surface area contributed by atoms with Crippen LogP contribution in [0.3, 0.4) is 0 Å². The summed E-state index contributed by atoms with van der Waals surface area (Å²) in [4.78, 5) is 0. The Morgan fingerprint density at radius 1 is 0.789 bits per heavy atom. The molecule has 1 aliphatic rings. The van der Waals surface area contributed by atoms with Crippen LogP contribution in [0.1, 0.15) is 17.0 Å². The van der Waals surface area contributed by atoms with Gasteiger partial charge in [-0.15, -0.1) is 0 Å². The molecule has 1 heterocycles. The lowest BCUT2D eigenvalue weighted by atomic mass is 9.84. The van der Waals surface area contributed by atoms with Crippen LogP contribution in [0.25, 0.3) is 0 Å². The summed E-state index contributed by atoms with van der Waals surface area (Å²) >= 11 is 0. The molecule has 0 aromatic heterocycles. The summed E-state index contributed by atoms with van der Waals surface area (Å²) in [6, 6.07) is 22.0. The third-order valence-corrected chi connectivity index (χ3v) is 3.79. The largest absolute Gasteiger partial charge is 0.314 e. The summed E-state index contributed by atoms with van der Waals surface area (Å²) in [5.74, 6) is 0.412. The minimum Gasteiger partial charge on any atom is -0.314 e. The van der Waals surface area contributed by atoms with Crippen molar-refractivity contribution in [3.8, 4) is 0 Å². The first-order chi connectivity index (χ1) is 9.45. The number of piperazine rings is 1. The van der Waals surface area contributed by atoms with Crippen molar-refractivity contribution in [2.24, 2.45) is 0 Å². The zero-order valence-electron chi connectivity index (χ0n) is 11.0. The highest BCUT2D eigenvalue weighted by molar-refractivity contribution is 5.34. The smallest absolute Gasteiger partial charge is 0.0302 e. The second-order valence-corrected chi connectivity index (χ2v) is 5.06. The Morgan fingerprint density at radius 2 is 1.37 bits per heavy atom. The molecule has 1 saturated heterocycles. The van der Waals surface area contributed by atoms with Crippen molar-refractivity contribution in [2.75, 3.05) is 19.6 Å². The van der Waals surface area contributed by atoms with Gasteiger partial charge >= 0.3 is 0 Å². The van der Waals surface area contributed by atoms with E-state index in [1.54, 1.807) is 0 Å². The number of hydrogen-bond donors (Lipinski definition) is 2. The van der Waals surface area contributed by atoms with E-state index in [0.717, 1.165) is 19.6 Å². The first-order valence-corrected chi connectivity index (χ1v) is 6.99. The molecule has 2 heteroatoms. The van der Waals surface area contributed by atoms with Gasteiger partial charge in [-0.05, 0) is 11.1 Å². The number of rotatable bonds is 3. The molecule has 2 aromatic rings. The fraction of sp³-hybridized carbons (Fsp3) is 0.294. The van der Waals surface area contributed by atoms with Crippen LogP contribution in [0.4, 0.5) is 0 Å². The predicted octanol–water partition coefficient (Wildman–Crippen LogP) is 2.38. The van der Waals surface area contributed by atoms with Crippen LogP contribution in [0.5, 0.6) is 0 Å². The summed E-state index contributed by atoms with van der Waals surface area (Å²) in [7, 11) is 0. The van der Waals surface area contributed by atoms with E-state index in [4.69, 9.17) is 0 Å². The first-order valence-electron chi connectivity index (χ1n) is 6.99. The molecule has 2 N–H and O–H groups in total. The zero-order chi connectivity index (χ0) is 12.9. The van der Waals surface area contributed by atoms with E-state index < -0.39 is 0 Å². The van der Waals surface area contributed by atoms with Crippen molar-refractivity contribution in [3.63, 3.8) is 0 Å². The molecule has 0 unspecified atom stereocenters. The van der Waals surface area contributed by atoms with Crippen LogP contribution >= 0.6 is 0 Å². The maximum Gasteiger partial charge on any atom is 0.0302 e. The Hall–Kier alpha value is -1.64. The van der Waals surface area contributed by atoms with E-state index in [-0.39, 0.29) is 0 Å². The standard InChI is InChI=1S/C17H20N2/c1-3-7-14(8-4-1)17(15-9-5-2-6-10-15)16-13-18-11-12-19-16/h1-10,16-19H,11-13H2/t16-/m0/s1. The topological polar surface area (TPSA) is 24.1 Å². The molecule has 0 bridgehead atoms. The number of nitrogens with one attached hydrogen (secondary N) is 2. The van der Waals surface area contributed by atoms with Gasteiger partial charge in [0.15, 0.2) is 0 Å². The van der Waals surface area contributed by atoms with Gasteiger partial charge in [0.25, 0.3) is 0 Å². The highest BCUT2D eigenvalue weighted by atomic mass is 15.1. The molecular weight excluding hydrogens is 232 g/mol. The van der Waals surface area contributed by atoms with Gasteiger partial charge in [-0.25, -0.2) is 0 Å². The minimum atomic E-state index is 0.412. The van der Waals surface area contributed by atoms with Gasteiger partial charge in [-0.1, -0.05) is 60.7 Å². The van der Waals surface area contributed by atoms with E-state index in [1.165, 1.54) is 11.1 Å². The van der Waals surface area contributed by atoms with E-state index in [0.29, 0.717) is 12.0 Å². The molecule has 1 aliphatic heterocycles. The van der Waals surface area contributed by atoms with E-state index in [1.807, 2.05) is 0 Å². The number of benzene rings is 2. The molecular formula is C17H20N2. The normalized spacial score (nSPS) is 19.5. The maximum atomic E-state index is 3.65. The second-order valence-electron chi connectivity index (χ2n) is 5.06. The summed E-state index contributed by atoms with van der Waals surface area (Å²) in [5.41, 5.74) is 2.77. The van der Waals surface area contributed by atoms with Crippen LogP contribution in [-0.4, -0.2) is 25.7 Å². The first kappa shape index (κ1) is 12.4. The summed E-state index contributed by atoms with van der Waals surface area (Å²) in [6.07, 6.45) is 0. The lowest BCUT2D eigenvalue weighted by Crippen LogP contribution is -2.51. The fourth-order valence-electron chi connectivity index (χ4n) is 2.89. The predicted molar refractivity (Wildman–Crippen MR) is 79.4 cm³/mol. The van der Waals surface area contributed by atoms with Crippen LogP contribution in [-0.2, 0) is 0 Å². The maximum absolute atomic E-state index is 3.65. The molecule has 0 aliphatic carbocycles. The third-order valence-electron chi connectivity index (χ3n) is 3.79. The Balaban J connectivity index is 1.96. The van der Waals surface area contributed by atoms with Crippen molar-refractivity contribution in [3.05, 3.63) is 71.8 Å². The molecule has 98 valence electrons. The van der Waals surface area contributed by atoms with Gasteiger partial charge in [-0.2, -0.15) is 0 Å². The van der Waals surface area contributed by atoms with Crippen molar-refractivity contribution in [2.45, 2.75) is 12.0 Å². The average Bonchev–Trinajstić information content (AvgIpc) is 2.51. The van der Waals surface area contributed by atoms with Gasteiger partial charge in [0.05, 0.1) is 0 Å². The summed E-state index contributed by atoms with van der Waals surface area (Å²) in [6.45, 7) is 3.13. The molecule has 1 fully saturated rings. The quantitative estimate of drug-likeness (QED) is 0.876. The fourth-order valence-corrected chi connectivity index (χ4v) is 2.89. The average molecular weight is 252 g/mol. The molecule has 0 saturated carbocycles. The molecule has 0 radical (unpaired) electrons. The molecule has 2 aromatic carbocycles. The lowest BCUT2D eigenvalue weighted by Gasteiger charge is -2.32. The molecule has 1 atom stereocenters. The summed E-state index contributed by atoms with van der Waals surface area (Å²) in [5, 5.41) is 7.15. The Labute approximate surface area is 114 Å². The van der Waals surface area contributed by atoms with Gasteiger partial charge in [-0.3, -0.25) is 0 Å². The van der Waals surface area contributed by atoms with Crippen LogP contribution in [0, 0.1) is 0 Å². The molecule has 0 spiro atoms. The van der Waals surface area contributed by atoms with E-state index >= 15 is 0 Å². The zero-order valence-corrected chi connectivity index (χ0v) is 11.0. The second kappa shape index (κ2) is 6.00. The Kier molecular flexibility index (Phi) is 3.92. The molecule has 2 nitrogen and oxygen atoms in total. The van der Waals surface area contributed by atoms with Crippen molar-refractivity contribution >= 4 is 0 Å². The third kappa shape index (κ3) is 2.86. The van der Waals surface area contributed by atoms with Crippen LogP contribution < -0.4 is 10.6 Å². The lowest BCUT2D eigenvalue weighted by molar-refractivity contribution is 0.389. The van der Waals surface area contributed by atoms with Crippen LogP contribution in [0.2, 0.25) is 0 Å². The number of hydrogen-bond acceptors (Lipinski definition) is 2. The highest BCUT2D eigenvalue weighted by Crippen LogP contribution is 2.28. The van der Waals surface area contributed by atoms with Gasteiger partial charge in [0.1, 0.15) is 0 Å². The van der Waals surface area contributed by atoms with Gasteiger partial charge in [0, 0.05) is 31.6 Å². The van der Waals surface area contributed by atoms with E-state index in [2.05, 4.69) is 71.3 Å². The highest BCUT2D eigenvalue weighted by Gasteiger charge is 2.25. The molecule has 3 rings (SSSR count). The summed E-state index contributed by atoms with van der Waals surface area (Å²) < 4.78 is 0. The Morgan fingerprint density at radius 3 is 1.84 bits per heavy atom. The Bertz CT molecular complexity index is 450. The molecule has 19 heavy (non-hydrogen) atoms. The van der Waals surface area contributed by atoms with Crippen LogP contribution in [0.15, 0.2) is 60.7 Å². The molecule has 0 amide bonds. The van der Waals surface area contributed by atoms with Crippen molar-refractivity contribution in [1.82, 2.24) is 10.6 Å². The van der Waals surface area contributed by atoms with E-state index in [9.17, 15) is 0 Å². The van der Waals surface area contributed by atoms with Crippen molar-refractivity contribution in [1.29, 1.82) is 0 Å². The van der Waals surface area contributed by atoms with Gasteiger partial charge in [0.2, 0.25) is 0 Å². The van der Waals surface area contributed by atoms with Crippen molar-refractivity contribution < 1.29 is 0 Å². The van der Waals surface area contributed by atoms with Gasteiger partial charge < -0.3 is 10.6 Å². The SMILES string of the molecule is c1ccc(C(c2ccccc2)[C@@H]2CNCCN2)cc1. The minimum absolute atomic E-state index is 0.412.